The van der Waals surface area contributed by atoms with Crippen molar-refractivity contribution in [1.82, 2.24) is 15.0 Å². The number of nitrogens with zero attached hydrogens (tertiary/aromatic N) is 3. The predicted octanol–water partition coefficient (Wildman–Crippen LogP) is 18.5. The zero-order valence-corrected chi connectivity index (χ0v) is 44.0. The molecule has 13 rings (SSSR count). The summed E-state index contributed by atoms with van der Waals surface area (Å²) in [6.45, 7) is 0. The van der Waals surface area contributed by atoms with Crippen LogP contribution in [0, 0.1) is 18.2 Å². The Labute approximate surface area is 443 Å². The number of rotatable bonds is 6. The molecule has 0 N–H and O–H groups in total. The first-order valence-electron chi connectivity index (χ1n) is 22.5. The van der Waals surface area contributed by atoms with Crippen LogP contribution in [-0.2, 0) is 20.1 Å². The van der Waals surface area contributed by atoms with Gasteiger partial charge in [0.15, 0.2) is 0 Å². The summed E-state index contributed by atoms with van der Waals surface area (Å²) in [6, 6.07) is 74.9. The fourth-order valence-electron chi connectivity index (χ4n) is 10.0. The Hall–Kier alpha value is -6.70. The summed E-state index contributed by atoms with van der Waals surface area (Å²) < 4.78 is 3.09. The second-order valence-electron chi connectivity index (χ2n) is 17.3. The quantitative estimate of drug-likeness (QED) is 0.123. The van der Waals surface area contributed by atoms with E-state index in [2.05, 4.69) is 212 Å². The van der Waals surface area contributed by atoms with Gasteiger partial charge in [-0.15, -0.1) is 70.8 Å². The first kappa shape index (κ1) is 44.5. The van der Waals surface area contributed by atoms with Crippen molar-refractivity contribution >= 4 is 113 Å². The van der Waals surface area contributed by atoms with E-state index in [9.17, 15) is 0 Å². The molecule has 0 amide bonds. The van der Waals surface area contributed by atoms with Crippen LogP contribution >= 0.6 is 47.8 Å². The summed E-state index contributed by atoms with van der Waals surface area (Å²) in [4.78, 5) is 15.3. The van der Waals surface area contributed by atoms with Gasteiger partial charge < -0.3 is 15.0 Å². The molecule has 0 spiro atoms. The third kappa shape index (κ3) is 7.69. The molecule has 0 radical (unpaired) electrons. The molecule has 0 saturated carbocycles. The van der Waals surface area contributed by atoms with E-state index in [1.165, 1.54) is 0 Å². The maximum absolute atomic E-state index is 5.09. The smallest absolute Gasteiger partial charge is 0.303 e. The van der Waals surface area contributed by atoms with Gasteiger partial charge in [-0.25, -0.2) is 0 Å². The SMILES string of the molecule is Brc1cc[c-]c2c1ccc1cc(-c3ccccc3-c3cc(-c4ccccc4-c4cnc5c(ccc6c(Br)cc[c-]c65)c4)cc(-c4ccccc4-c4cnc5c(ccc6c(Br)cc[c-]c65)c4)c3)cnc12.[Ir+3]. The van der Waals surface area contributed by atoms with E-state index in [0.717, 1.165) is 145 Å². The third-order valence-corrected chi connectivity index (χ3v) is 15.4. The van der Waals surface area contributed by atoms with Crippen molar-refractivity contribution < 1.29 is 20.1 Å². The van der Waals surface area contributed by atoms with E-state index in [-0.39, 0.29) is 20.1 Å². The minimum Gasteiger partial charge on any atom is -0.303 e. The molecule has 0 aliphatic rings. The van der Waals surface area contributed by atoms with Gasteiger partial charge in [-0.2, -0.15) is 0 Å². The Morgan fingerprint density at radius 3 is 0.857 bits per heavy atom. The van der Waals surface area contributed by atoms with E-state index in [1.54, 1.807) is 0 Å². The number of hydrogen-bond donors (Lipinski definition) is 0. The summed E-state index contributed by atoms with van der Waals surface area (Å²) in [5, 5.41) is 9.46. The maximum atomic E-state index is 5.09. The van der Waals surface area contributed by atoms with Crippen molar-refractivity contribution in [3.63, 3.8) is 0 Å². The molecular formula is C63H33Br3IrN3. The van der Waals surface area contributed by atoms with E-state index >= 15 is 0 Å². The standard InChI is InChI=1S/C63H33Br3N3.Ir/c64-58-19-7-16-55-52(58)25-22-37-28-43(34-67-61(37)55)49-13-4-1-10-46(49)40-31-41(47-11-2-5-14-50(47)44-29-38-23-26-53-56(62(38)68-35-44)17-8-20-59(53)65)33-42(32-40)48-12-3-6-15-51(48)45-30-39-24-27-54-57(63(39)69-36-45)18-9-21-60(54)66;/h1-15,19-36H;/q-3;+3. The second-order valence-corrected chi connectivity index (χ2v) is 19.8. The average Bonchev–Trinajstić information content (AvgIpc) is 3.40. The van der Waals surface area contributed by atoms with Crippen molar-refractivity contribution in [2.45, 2.75) is 0 Å². The zero-order chi connectivity index (χ0) is 46.2. The van der Waals surface area contributed by atoms with Gasteiger partial charge in [0.2, 0.25) is 0 Å². The minimum atomic E-state index is 0. The summed E-state index contributed by atoms with van der Waals surface area (Å²) in [5.74, 6) is 0. The van der Waals surface area contributed by atoms with E-state index in [0.29, 0.717) is 0 Å². The molecule has 0 saturated heterocycles. The molecular weight excluding hydrogens is 1230 g/mol. The molecule has 3 aromatic heterocycles. The molecule has 0 aliphatic heterocycles. The molecule has 0 unspecified atom stereocenters. The number of fused-ring (bicyclic) bond motifs is 9. The number of hydrogen-bond acceptors (Lipinski definition) is 3. The molecule has 0 aliphatic carbocycles. The van der Waals surface area contributed by atoms with E-state index in [1.807, 2.05) is 55.0 Å². The monoisotopic (exact) mass is 1260 g/mol. The van der Waals surface area contributed by atoms with Crippen LogP contribution in [0.25, 0.3) is 132 Å². The number of pyridine rings is 3. The topological polar surface area (TPSA) is 38.7 Å². The predicted molar refractivity (Wildman–Crippen MR) is 297 cm³/mol. The Kier molecular flexibility index (Phi) is 11.6. The molecule has 10 aromatic carbocycles. The van der Waals surface area contributed by atoms with Gasteiger partial charge in [0.1, 0.15) is 0 Å². The molecule has 0 bridgehead atoms. The largest absolute Gasteiger partial charge is 3.00 e. The van der Waals surface area contributed by atoms with Crippen molar-refractivity contribution in [2.24, 2.45) is 0 Å². The number of halogens is 3. The van der Waals surface area contributed by atoms with Crippen molar-refractivity contribution in [2.75, 3.05) is 0 Å². The summed E-state index contributed by atoms with van der Waals surface area (Å²) in [5.41, 5.74) is 15.8. The van der Waals surface area contributed by atoms with Gasteiger partial charge in [-0.1, -0.05) is 205 Å². The van der Waals surface area contributed by atoms with Crippen LogP contribution in [0.4, 0.5) is 0 Å². The molecule has 3 nitrogen and oxygen atoms in total. The summed E-state index contributed by atoms with van der Waals surface area (Å²) in [7, 11) is 0. The summed E-state index contributed by atoms with van der Waals surface area (Å²) >= 11 is 11.2. The van der Waals surface area contributed by atoms with Gasteiger partial charge in [-0.3, -0.25) is 0 Å². The Morgan fingerprint density at radius 1 is 0.300 bits per heavy atom. The minimum absolute atomic E-state index is 0. The maximum Gasteiger partial charge on any atom is 3.00 e. The Morgan fingerprint density at radius 2 is 0.571 bits per heavy atom. The van der Waals surface area contributed by atoms with Crippen molar-refractivity contribution in [3.05, 3.63) is 232 Å². The fraction of sp³-hybridized carbons (Fsp3) is 0. The Balaban J connectivity index is 0.00000505. The van der Waals surface area contributed by atoms with Crippen LogP contribution in [0.5, 0.6) is 0 Å². The van der Waals surface area contributed by atoms with Crippen LogP contribution in [0.15, 0.2) is 214 Å². The number of benzene rings is 10. The molecule has 70 heavy (non-hydrogen) atoms. The molecule has 7 heteroatoms. The van der Waals surface area contributed by atoms with Gasteiger partial charge in [0.25, 0.3) is 0 Å². The first-order chi connectivity index (χ1) is 33.9. The number of aromatic nitrogens is 3. The zero-order valence-electron chi connectivity index (χ0n) is 36.9. The molecule has 3 heterocycles. The first-order valence-corrected chi connectivity index (χ1v) is 24.9. The van der Waals surface area contributed by atoms with E-state index in [4.69, 9.17) is 15.0 Å². The van der Waals surface area contributed by atoms with E-state index < -0.39 is 0 Å². The van der Waals surface area contributed by atoms with Crippen molar-refractivity contribution in [1.29, 1.82) is 0 Å². The molecule has 0 atom stereocenters. The third-order valence-electron chi connectivity index (χ3n) is 13.3. The van der Waals surface area contributed by atoms with Gasteiger partial charge in [0.05, 0.1) is 0 Å². The van der Waals surface area contributed by atoms with Gasteiger partial charge in [0, 0.05) is 18.6 Å². The molecule has 0 fully saturated rings. The molecule has 13 aromatic rings. The van der Waals surface area contributed by atoms with Crippen LogP contribution in [0.1, 0.15) is 0 Å². The van der Waals surface area contributed by atoms with Crippen molar-refractivity contribution in [3.8, 4) is 66.8 Å². The Bertz CT molecular complexity index is 3820. The molecule has 330 valence electrons. The van der Waals surface area contributed by atoms with Crippen LogP contribution < -0.4 is 0 Å². The van der Waals surface area contributed by atoms with Gasteiger partial charge >= 0.3 is 20.1 Å². The second kappa shape index (κ2) is 18.2. The van der Waals surface area contributed by atoms with Gasteiger partial charge in [-0.05, 0) is 118 Å². The van der Waals surface area contributed by atoms with Crippen LogP contribution in [-0.4, -0.2) is 15.0 Å². The van der Waals surface area contributed by atoms with Crippen LogP contribution in [0.3, 0.4) is 0 Å². The average molecular weight is 1260 g/mol. The normalized spacial score (nSPS) is 11.5. The fourth-order valence-corrected chi connectivity index (χ4v) is 11.4. The van der Waals surface area contributed by atoms with Crippen LogP contribution in [0.2, 0.25) is 0 Å². The summed E-state index contributed by atoms with van der Waals surface area (Å²) in [6.07, 6.45) is 6.01.